The van der Waals surface area contributed by atoms with E-state index in [1.165, 1.54) is 23.4 Å². The lowest BCUT2D eigenvalue weighted by Crippen LogP contribution is -2.51. The van der Waals surface area contributed by atoms with Gasteiger partial charge in [-0.25, -0.2) is 4.98 Å². The topological polar surface area (TPSA) is 121 Å². The van der Waals surface area contributed by atoms with Gasteiger partial charge in [0.15, 0.2) is 0 Å². The van der Waals surface area contributed by atoms with E-state index >= 15 is 0 Å². The van der Waals surface area contributed by atoms with Crippen LogP contribution in [0.15, 0.2) is 67.1 Å². The predicted octanol–water partition coefficient (Wildman–Crippen LogP) is 4.53. The number of benzene rings is 1. The monoisotopic (exact) mass is 517 g/mol. The number of nitrogens with zero attached hydrogens (tertiary/aromatic N) is 5. The molecule has 3 N–H and O–H groups in total. The molecule has 1 saturated heterocycles. The Balaban J connectivity index is 1.42. The summed E-state index contributed by atoms with van der Waals surface area (Å²) in [5.74, 6) is -2.13. The second kappa shape index (κ2) is 10.1. The minimum absolute atomic E-state index is 0.0864. The average Bonchev–Trinajstić information content (AvgIpc) is 2.92. The Bertz CT molecular complexity index is 1550. The quantitative estimate of drug-likeness (QED) is 0.408. The normalized spacial score (nSPS) is 17.7. The summed E-state index contributed by atoms with van der Waals surface area (Å²) < 4.78 is 40.3. The Morgan fingerprint density at radius 2 is 1.92 bits per heavy atom. The van der Waals surface area contributed by atoms with Crippen molar-refractivity contribution in [3.63, 3.8) is 0 Å². The molecule has 1 aliphatic rings. The zero-order valence-corrected chi connectivity index (χ0v) is 20.0. The van der Waals surface area contributed by atoms with Crippen molar-refractivity contribution < 1.29 is 18.0 Å². The first-order valence-corrected chi connectivity index (χ1v) is 11.8. The minimum atomic E-state index is -4.37. The third-order valence-electron chi connectivity index (χ3n) is 6.46. The van der Waals surface area contributed by atoms with Gasteiger partial charge in [0, 0.05) is 42.7 Å². The number of amides is 1. The molecule has 5 rings (SSSR count). The predicted molar refractivity (Wildman–Crippen MR) is 136 cm³/mol. The van der Waals surface area contributed by atoms with Gasteiger partial charge < -0.3 is 16.0 Å². The molecule has 38 heavy (non-hydrogen) atoms. The van der Waals surface area contributed by atoms with Crippen molar-refractivity contribution in [2.75, 3.05) is 23.3 Å². The van der Waals surface area contributed by atoms with Crippen LogP contribution in [-0.4, -0.2) is 46.2 Å². The molecule has 0 spiro atoms. The largest absolute Gasteiger partial charge is 0.393 e. The van der Waals surface area contributed by atoms with Crippen LogP contribution in [0.3, 0.4) is 0 Å². The fourth-order valence-electron chi connectivity index (χ4n) is 4.63. The number of piperidine rings is 1. The smallest absolute Gasteiger partial charge is 0.368 e. The Hall–Kier alpha value is -4.56. The van der Waals surface area contributed by atoms with Crippen molar-refractivity contribution in [2.45, 2.75) is 18.6 Å². The van der Waals surface area contributed by atoms with Crippen LogP contribution in [0.1, 0.15) is 22.5 Å². The standard InChI is InChI=1S/C27H22F3N7O/c28-27(29,30)18-10-19(32)15-37(14-18)25-7-8-33-13-24(25)36-26(38)22-6-5-21-23(35-22)9-17(12-34-21)20-4-2-1-3-16(20)11-31/h1-9,12-13,18-19H,10,14-15,32H2,(H,36,38). The van der Waals surface area contributed by atoms with Crippen molar-refractivity contribution in [1.82, 2.24) is 15.0 Å². The Kier molecular flexibility index (Phi) is 6.65. The summed E-state index contributed by atoms with van der Waals surface area (Å²) in [7, 11) is 0. The molecule has 8 nitrogen and oxygen atoms in total. The highest BCUT2D eigenvalue weighted by Crippen LogP contribution is 2.36. The SMILES string of the molecule is N#Cc1ccccc1-c1cnc2ccc(C(=O)Nc3cnccc3N3CC(N)CC(C(F)(F)F)C3)nc2c1. The van der Waals surface area contributed by atoms with Crippen LogP contribution in [0.25, 0.3) is 22.2 Å². The van der Waals surface area contributed by atoms with Gasteiger partial charge in [0.25, 0.3) is 5.91 Å². The van der Waals surface area contributed by atoms with Gasteiger partial charge in [0.05, 0.1) is 46.2 Å². The molecule has 4 aromatic rings. The lowest BCUT2D eigenvalue weighted by Gasteiger charge is -2.39. The molecule has 1 amide bonds. The fourth-order valence-corrected chi connectivity index (χ4v) is 4.63. The van der Waals surface area contributed by atoms with E-state index in [1.807, 2.05) is 6.07 Å². The van der Waals surface area contributed by atoms with Gasteiger partial charge >= 0.3 is 6.18 Å². The second-order valence-corrected chi connectivity index (χ2v) is 9.10. The maximum absolute atomic E-state index is 13.4. The number of nitrogens with two attached hydrogens (primary N) is 1. The van der Waals surface area contributed by atoms with Crippen molar-refractivity contribution in [2.24, 2.45) is 11.7 Å². The molecule has 2 unspecified atom stereocenters. The van der Waals surface area contributed by atoms with Gasteiger partial charge in [0.2, 0.25) is 0 Å². The van der Waals surface area contributed by atoms with Gasteiger partial charge in [-0.3, -0.25) is 14.8 Å². The van der Waals surface area contributed by atoms with E-state index in [-0.39, 0.29) is 30.9 Å². The molecule has 2 atom stereocenters. The van der Waals surface area contributed by atoms with Gasteiger partial charge in [-0.1, -0.05) is 18.2 Å². The van der Waals surface area contributed by atoms with E-state index in [4.69, 9.17) is 5.73 Å². The fraction of sp³-hybridized carbons (Fsp3) is 0.222. The molecule has 1 aromatic carbocycles. The first-order chi connectivity index (χ1) is 18.2. The molecular weight excluding hydrogens is 495 g/mol. The zero-order valence-electron chi connectivity index (χ0n) is 20.0. The van der Waals surface area contributed by atoms with Crippen LogP contribution < -0.4 is 16.0 Å². The number of nitriles is 1. The molecule has 0 radical (unpaired) electrons. The van der Waals surface area contributed by atoms with Crippen LogP contribution in [0.4, 0.5) is 24.5 Å². The highest BCUT2D eigenvalue weighted by molar-refractivity contribution is 6.05. The molecule has 0 bridgehead atoms. The number of anilines is 2. The Morgan fingerprint density at radius 3 is 2.71 bits per heavy atom. The summed E-state index contributed by atoms with van der Waals surface area (Å²) in [5, 5.41) is 12.2. The number of hydrogen-bond acceptors (Lipinski definition) is 7. The third-order valence-corrected chi connectivity index (χ3v) is 6.46. The number of aromatic nitrogens is 3. The highest BCUT2D eigenvalue weighted by Gasteiger charge is 2.44. The van der Waals surface area contributed by atoms with Crippen molar-refractivity contribution >= 4 is 28.3 Å². The van der Waals surface area contributed by atoms with E-state index in [9.17, 15) is 23.2 Å². The molecule has 0 aliphatic carbocycles. The number of nitrogens with one attached hydrogen (secondary N) is 1. The lowest BCUT2D eigenvalue weighted by atomic mass is 9.93. The second-order valence-electron chi connectivity index (χ2n) is 9.10. The number of halogens is 3. The van der Waals surface area contributed by atoms with E-state index < -0.39 is 24.0 Å². The number of carbonyl (C=O) groups is 1. The van der Waals surface area contributed by atoms with Crippen molar-refractivity contribution in [1.29, 1.82) is 5.26 Å². The van der Waals surface area contributed by atoms with Gasteiger partial charge in [-0.05, 0) is 36.8 Å². The third kappa shape index (κ3) is 5.12. The zero-order chi connectivity index (χ0) is 26.9. The van der Waals surface area contributed by atoms with E-state index in [2.05, 4.69) is 26.3 Å². The molecule has 11 heteroatoms. The van der Waals surface area contributed by atoms with Gasteiger partial charge in [-0.15, -0.1) is 0 Å². The van der Waals surface area contributed by atoms with E-state index in [1.54, 1.807) is 42.6 Å². The Morgan fingerprint density at radius 1 is 1.11 bits per heavy atom. The number of hydrogen-bond donors (Lipinski definition) is 2. The summed E-state index contributed by atoms with van der Waals surface area (Å²) in [6.45, 7) is -0.0523. The summed E-state index contributed by atoms with van der Waals surface area (Å²) in [6.07, 6.45) is -0.0474. The molecule has 1 fully saturated rings. The number of rotatable bonds is 4. The van der Waals surface area contributed by atoms with Gasteiger partial charge in [0.1, 0.15) is 5.69 Å². The minimum Gasteiger partial charge on any atom is -0.368 e. The van der Waals surface area contributed by atoms with Crippen LogP contribution in [0.5, 0.6) is 0 Å². The number of pyridine rings is 3. The molecule has 4 heterocycles. The summed E-state index contributed by atoms with van der Waals surface area (Å²) in [4.78, 5) is 27.6. The van der Waals surface area contributed by atoms with Crippen LogP contribution in [-0.2, 0) is 0 Å². The summed E-state index contributed by atoms with van der Waals surface area (Å²) >= 11 is 0. The number of fused-ring (bicyclic) bond motifs is 1. The highest BCUT2D eigenvalue weighted by atomic mass is 19.4. The first kappa shape index (κ1) is 25.1. The summed E-state index contributed by atoms with van der Waals surface area (Å²) in [5.41, 5.74) is 9.54. The maximum Gasteiger partial charge on any atom is 0.393 e. The van der Waals surface area contributed by atoms with Crippen LogP contribution >= 0.6 is 0 Å². The molecule has 192 valence electrons. The summed E-state index contributed by atoms with van der Waals surface area (Å²) in [6, 6.07) is 15.0. The molecule has 3 aromatic heterocycles. The lowest BCUT2D eigenvalue weighted by molar-refractivity contribution is -0.177. The van der Waals surface area contributed by atoms with Crippen molar-refractivity contribution in [3.8, 4) is 17.2 Å². The van der Waals surface area contributed by atoms with Crippen LogP contribution in [0, 0.1) is 17.2 Å². The average molecular weight is 518 g/mol. The maximum atomic E-state index is 13.4. The number of alkyl halides is 3. The number of carbonyl (C=O) groups excluding carboxylic acids is 1. The first-order valence-electron chi connectivity index (χ1n) is 11.8. The van der Waals surface area contributed by atoms with E-state index in [0.29, 0.717) is 33.4 Å². The molecular formula is C27H22F3N7O. The van der Waals surface area contributed by atoms with Crippen LogP contribution in [0.2, 0.25) is 0 Å². The van der Waals surface area contributed by atoms with E-state index in [0.717, 1.165) is 0 Å². The Labute approximate surface area is 216 Å². The molecule has 1 aliphatic heterocycles. The molecule has 0 saturated carbocycles. The van der Waals surface area contributed by atoms with Gasteiger partial charge in [-0.2, -0.15) is 18.4 Å². The van der Waals surface area contributed by atoms with Crippen molar-refractivity contribution in [3.05, 3.63) is 78.4 Å².